The fourth-order valence-electron chi connectivity index (χ4n) is 0.0373. The normalized spacial score (nSPS) is 21.4. The van der Waals surface area contributed by atoms with Gasteiger partial charge in [0.15, 0.2) is 17.4 Å². The van der Waals surface area contributed by atoms with E-state index in [1.807, 2.05) is 0 Å². The minimum atomic E-state index is -2.25. The van der Waals surface area contributed by atoms with Crippen molar-refractivity contribution in [2.24, 2.45) is 0 Å². The van der Waals surface area contributed by atoms with Crippen molar-refractivity contribution in [3.05, 3.63) is 0 Å². The van der Waals surface area contributed by atoms with E-state index in [0.717, 1.165) is 0 Å². The van der Waals surface area contributed by atoms with Gasteiger partial charge in [0.1, 0.15) is 0 Å². The molecule has 0 atom stereocenters. The summed E-state index contributed by atoms with van der Waals surface area (Å²) in [6, 6.07) is 0. The molecule has 1 aliphatic rings. The van der Waals surface area contributed by atoms with Crippen molar-refractivity contribution in [2.75, 3.05) is 0 Å². The molecule has 0 radical (unpaired) electrons. The summed E-state index contributed by atoms with van der Waals surface area (Å²) in [6.45, 7) is 0. The van der Waals surface area contributed by atoms with E-state index >= 15 is 0 Å². The Labute approximate surface area is 80.5 Å². The fourth-order valence-corrected chi connectivity index (χ4v) is 0.0373. The molecular weight excluding hydrogens is 143 g/mol. The molecule has 1 rings (SSSR count). The molecule has 0 aromatic heterocycles. The number of rotatable bonds is 0. The molecular formula is CH7AlCaO4. The summed E-state index contributed by atoms with van der Waals surface area (Å²) in [5.74, 6) is 0. The quantitative estimate of drug-likeness (QED) is 0.162. The molecule has 1 fully saturated rings. The molecule has 4 nitrogen and oxygen atoms in total. The molecule has 0 saturated carbocycles. The second kappa shape index (κ2) is 3.62. The first-order chi connectivity index (χ1) is 2.21. The van der Waals surface area contributed by atoms with Crippen LogP contribution in [-0.4, -0.2) is 71.5 Å². The molecule has 6 heteroatoms. The van der Waals surface area contributed by atoms with E-state index in [4.69, 9.17) is 10.2 Å². The zero-order chi connectivity index (χ0) is 3.91. The van der Waals surface area contributed by atoms with E-state index in [-0.39, 0.29) is 55.1 Å². The van der Waals surface area contributed by atoms with Crippen LogP contribution in [0.3, 0.4) is 0 Å². The molecule has 40 valence electrons. The van der Waals surface area contributed by atoms with E-state index in [2.05, 4.69) is 9.78 Å². The van der Waals surface area contributed by atoms with Crippen molar-refractivity contribution in [3.8, 4) is 0 Å². The summed E-state index contributed by atoms with van der Waals surface area (Å²) in [7, 11) is 0. The van der Waals surface area contributed by atoms with Crippen molar-refractivity contribution in [2.45, 2.75) is 6.16 Å². The summed E-state index contributed by atoms with van der Waals surface area (Å²) in [4.78, 5) is 7.01. The third-order valence-electron chi connectivity index (χ3n) is 0.232. The van der Waals surface area contributed by atoms with Crippen molar-refractivity contribution in [1.29, 1.82) is 0 Å². The Balaban J connectivity index is 0. The molecule has 1 saturated heterocycles. The molecule has 1 aliphatic heterocycles. The number of hydrogen-bond donors (Lipinski definition) is 2. The Bertz CT molecular complexity index is 49.7. The maximum atomic E-state index is 7.74. The monoisotopic (exact) mass is 150 g/mol. The molecule has 0 unspecified atom stereocenters. The average molecular weight is 150 g/mol. The van der Waals surface area contributed by atoms with Gasteiger partial charge in [0.25, 0.3) is 0 Å². The zero-order valence-electron chi connectivity index (χ0n) is 2.21. The minimum absolute atomic E-state index is 0. The standard InChI is InChI=1S/CH2O4.Al.Ca.5H/c2-1(3)4-5-1;;;;;;;/h2-3H;;;;;;;. The van der Waals surface area contributed by atoms with Gasteiger partial charge in [-0.1, -0.05) is 0 Å². The van der Waals surface area contributed by atoms with Crippen LogP contribution in [0.5, 0.6) is 0 Å². The van der Waals surface area contributed by atoms with Crippen molar-refractivity contribution in [1.82, 2.24) is 0 Å². The van der Waals surface area contributed by atoms with Crippen LogP contribution >= 0.6 is 0 Å². The van der Waals surface area contributed by atoms with Crippen molar-refractivity contribution in [3.63, 3.8) is 0 Å². The molecule has 0 aliphatic carbocycles. The summed E-state index contributed by atoms with van der Waals surface area (Å²) in [6.07, 6.45) is -2.25. The maximum absolute atomic E-state index is 7.74. The molecule has 0 bridgehead atoms. The van der Waals surface area contributed by atoms with E-state index in [1.165, 1.54) is 0 Å². The Morgan fingerprint density at radius 2 is 1.29 bits per heavy atom. The Hall–Kier alpha value is 1.63. The molecule has 0 spiro atoms. The summed E-state index contributed by atoms with van der Waals surface area (Å²) in [5.41, 5.74) is 0. The zero-order valence-corrected chi connectivity index (χ0v) is 2.21. The van der Waals surface area contributed by atoms with E-state index < -0.39 is 6.16 Å². The summed E-state index contributed by atoms with van der Waals surface area (Å²) in [5, 5.41) is 15.5. The summed E-state index contributed by atoms with van der Waals surface area (Å²) < 4.78 is 0. The molecule has 0 amide bonds. The van der Waals surface area contributed by atoms with Crippen LogP contribution in [0.1, 0.15) is 0 Å². The van der Waals surface area contributed by atoms with Crippen LogP contribution in [0.2, 0.25) is 0 Å². The van der Waals surface area contributed by atoms with Crippen LogP contribution in [0.25, 0.3) is 0 Å². The van der Waals surface area contributed by atoms with E-state index in [1.54, 1.807) is 0 Å². The molecule has 0 aromatic rings. The second-order valence-electron chi connectivity index (χ2n) is 0.715. The third-order valence-corrected chi connectivity index (χ3v) is 0.232. The first kappa shape index (κ1) is 11.4. The number of aliphatic hydroxyl groups is 2. The Morgan fingerprint density at radius 1 is 1.14 bits per heavy atom. The van der Waals surface area contributed by atoms with Gasteiger partial charge in [0.05, 0.1) is 0 Å². The topological polar surface area (TPSA) is 65.5 Å². The first-order valence-corrected chi connectivity index (χ1v) is 1.02. The molecule has 2 N–H and O–H groups in total. The van der Waals surface area contributed by atoms with Gasteiger partial charge in [-0.05, 0) is 0 Å². The van der Waals surface area contributed by atoms with Gasteiger partial charge in [-0.2, -0.15) is 0 Å². The third kappa shape index (κ3) is 5.50. The molecule has 0 aromatic carbocycles. The van der Waals surface area contributed by atoms with Crippen molar-refractivity contribution >= 4 is 55.1 Å². The van der Waals surface area contributed by atoms with Gasteiger partial charge in [-0.3, -0.25) is 0 Å². The SMILES string of the molecule is OC1(O)OO1.[AlH3].[CaH2]. The van der Waals surface area contributed by atoms with Crippen LogP contribution in [0, 0.1) is 0 Å². The first-order valence-electron chi connectivity index (χ1n) is 1.02. The molecule has 1 heterocycles. The average Bonchev–Trinajstić information content (AvgIpc) is 1.76. The predicted molar refractivity (Wildman–Crippen MR) is 27.8 cm³/mol. The van der Waals surface area contributed by atoms with Gasteiger partial charge in [0, 0.05) is 0 Å². The van der Waals surface area contributed by atoms with Crippen molar-refractivity contribution < 1.29 is 20.0 Å². The van der Waals surface area contributed by atoms with Crippen LogP contribution in [0.15, 0.2) is 0 Å². The Morgan fingerprint density at radius 3 is 1.29 bits per heavy atom. The van der Waals surface area contributed by atoms with Gasteiger partial charge in [0.2, 0.25) is 0 Å². The van der Waals surface area contributed by atoms with Gasteiger partial charge >= 0.3 is 43.9 Å². The van der Waals surface area contributed by atoms with E-state index in [9.17, 15) is 0 Å². The second-order valence-corrected chi connectivity index (χ2v) is 0.715. The van der Waals surface area contributed by atoms with Crippen LogP contribution < -0.4 is 0 Å². The van der Waals surface area contributed by atoms with Crippen LogP contribution in [0.4, 0.5) is 0 Å². The fraction of sp³-hybridized carbons (Fsp3) is 1.00. The van der Waals surface area contributed by atoms with Gasteiger partial charge < -0.3 is 10.2 Å². The van der Waals surface area contributed by atoms with Gasteiger partial charge in [-0.15, -0.1) is 9.78 Å². The van der Waals surface area contributed by atoms with Gasteiger partial charge in [-0.25, -0.2) is 0 Å². The molecule has 7 heavy (non-hydrogen) atoms. The Kier molecular flexibility index (Phi) is 5.91. The predicted octanol–water partition coefficient (Wildman–Crippen LogP) is -3.56. The number of hydrogen-bond acceptors (Lipinski definition) is 4. The summed E-state index contributed by atoms with van der Waals surface area (Å²) >= 11 is 0. The van der Waals surface area contributed by atoms with Crippen LogP contribution in [-0.2, 0) is 9.78 Å². The van der Waals surface area contributed by atoms with E-state index in [0.29, 0.717) is 0 Å².